The predicted molar refractivity (Wildman–Crippen MR) is 128 cm³/mol. The van der Waals surface area contributed by atoms with E-state index < -0.39 is 0 Å². The van der Waals surface area contributed by atoms with Crippen molar-refractivity contribution in [2.24, 2.45) is 5.16 Å². The van der Waals surface area contributed by atoms with Gasteiger partial charge in [-0.05, 0) is 31.5 Å². The molecule has 0 saturated carbocycles. The third-order valence-electron chi connectivity index (χ3n) is 6.33. The molecule has 3 aromatic heterocycles. The minimum absolute atomic E-state index is 0.157. The van der Waals surface area contributed by atoms with Gasteiger partial charge in [-0.25, -0.2) is 14.5 Å². The fourth-order valence-electron chi connectivity index (χ4n) is 4.34. The number of ether oxygens (including phenoxy) is 2. The van der Waals surface area contributed by atoms with Crippen molar-refractivity contribution in [1.82, 2.24) is 29.0 Å². The maximum atomic E-state index is 5.47. The van der Waals surface area contributed by atoms with Crippen molar-refractivity contribution in [2.75, 3.05) is 40.0 Å². The minimum Gasteiger partial charge on any atom is -0.496 e. The molecule has 4 aromatic rings. The molecule has 0 amide bonds. The van der Waals surface area contributed by atoms with Gasteiger partial charge in [0.05, 0.1) is 31.9 Å². The number of hydrogen-bond donors (Lipinski definition) is 0. The molecule has 0 unspecified atom stereocenters. The Morgan fingerprint density at radius 2 is 1.94 bits per heavy atom. The number of benzene rings is 1. The summed E-state index contributed by atoms with van der Waals surface area (Å²) in [6, 6.07) is 7.61. The second-order valence-electron chi connectivity index (χ2n) is 8.31. The molecular formula is C24H29N7O3. The first kappa shape index (κ1) is 22.3. The van der Waals surface area contributed by atoms with E-state index in [0.717, 1.165) is 67.4 Å². The first-order valence-electron chi connectivity index (χ1n) is 11.4. The molecule has 0 spiro atoms. The van der Waals surface area contributed by atoms with E-state index in [9.17, 15) is 0 Å². The highest BCUT2D eigenvalue weighted by molar-refractivity contribution is 5.93. The number of para-hydroxylation sites is 1. The number of aromatic nitrogens is 5. The molecule has 10 heteroatoms. The third kappa shape index (κ3) is 4.34. The van der Waals surface area contributed by atoms with Gasteiger partial charge >= 0.3 is 0 Å². The van der Waals surface area contributed by atoms with Crippen LogP contribution in [0.4, 0.5) is 0 Å². The van der Waals surface area contributed by atoms with E-state index in [1.165, 1.54) is 11.3 Å². The number of aryl methyl sites for hydroxylation is 1. The zero-order chi connectivity index (χ0) is 23.5. The highest BCUT2D eigenvalue weighted by Gasteiger charge is 2.19. The normalized spacial score (nSPS) is 15.0. The quantitative estimate of drug-likeness (QED) is 0.293. The average molecular weight is 464 g/mol. The number of nitrogens with zero attached hydrogens (tertiary/aromatic N) is 7. The lowest BCUT2D eigenvalue weighted by molar-refractivity contribution is 0.0364. The first-order chi connectivity index (χ1) is 16.7. The summed E-state index contributed by atoms with van der Waals surface area (Å²) in [5, 5.41) is 9.61. The van der Waals surface area contributed by atoms with Crippen LogP contribution in [0.5, 0.6) is 5.75 Å². The number of oxime groups is 1. The largest absolute Gasteiger partial charge is 0.496 e. The molecule has 0 N–H and O–H groups in total. The Hall–Kier alpha value is -3.50. The van der Waals surface area contributed by atoms with Gasteiger partial charge in [-0.15, -0.1) is 5.10 Å². The zero-order valence-corrected chi connectivity index (χ0v) is 19.8. The van der Waals surface area contributed by atoms with Crippen LogP contribution in [0.2, 0.25) is 0 Å². The highest BCUT2D eigenvalue weighted by atomic mass is 16.6. The van der Waals surface area contributed by atoms with E-state index >= 15 is 0 Å². The van der Waals surface area contributed by atoms with Gasteiger partial charge in [0, 0.05) is 37.4 Å². The molecule has 0 bridgehead atoms. The van der Waals surface area contributed by atoms with Crippen molar-refractivity contribution in [1.29, 1.82) is 0 Å². The number of fused-ring (bicyclic) bond motifs is 3. The monoisotopic (exact) mass is 463 g/mol. The van der Waals surface area contributed by atoms with Crippen LogP contribution in [0.1, 0.15) is 22.6 Å². The van der Waals surface area contributed by atoms with Crippen molar-refractivity contribution in [2.45, 2.75) is 27.0 Å². The summed E-state index contributed by atoms with van der Waals surface area (Å²) in [5.74, 6) is 1.28. The smallest absolute Gasteiger partial charge is 0.192 e. The maximum absolute atomic E-state index is 5.47. The summed E-state index contributed by atoms with van der Waals surface area (Å²) in [5.41, 5.74) is 4.92. The summed E-state index contributed by atoms with van der Waals surface area (Å²) in [4.78, 5) is 17.3. The van der Waals surface area contributed by atoms with Crippen molar-refractivity contribution in [3.63, 3.8) is 0 Å². The Morgan fingerprint density at radius 3 is 2.76 bits per heavy atom. The number of rotatable bonds is 8. The zero-order valence-electron chi connectivity index (χ0n) is 19.8. The summed E-state index contributed by atoms with van der Waals surface area (Å²) in [7, 11) is 1.63. The van der Waals surface area contributed by atoms with Crippen LogP contribution < -0.4 is 4.74 Å². The Balaban J connectivity index is 1.34. The van der Waals surface area contributed by atoms with Crippen LogP contribution >= 0.6 is 0 Å². The fraction of sp³-hybridized carbons (Fsp3) is 0.417. The van der Waals surface area contributed by atoms with E-state index in [1.807, 2.05) is 24.3 Å². The average Bonchev–Trinajstić information content (AvgIpc) is 3.39. The van der Waals surface area contributed by atoms with Crippen LogP contribution in [-0.4, -0.2) is 75.2 Å². The van der Waals surface area contributed by atoms with Crippen LogP contribution in [0, 0.1) is 13.8 Å². The number of methoxy groups -OCH3 is 1. The number of hydrogen-bond acceptors (Lipinski definition) is 8. The molecule has 0 atom stereocenters. The standard InChI is InChI=1S/C24H29N7O3/c1-17-18(2)30(9-8-29-10-12-33-13-11-29)23-22(17)24-27-21(28-31(24)16-25-23)15-34-26-14-19-6-4-5-7-20(19)32-3/h4-7,14,16H,8-13,15H2,1-3H3/b26-14-. The van der Waals surface area contributed by atoms with E-state index in [2.05, 4.69) is 33.6 Å². The SMILES string of the molecule is COc1ccccc1/C=N\OCc1nc2c3c(C)c(C)n(CCN4CCOCC4)c3ncn2n1. The molecule has 1 aromatic carbocycles. The molecule has 0 aliphatic carbocycles. The summed E-state index contributed by atoms with van der Waals surface area (Å²) in [6.45, 7) is 9.81. The van der Waals surface area contributed by atoms with Gasteiger partial charge in [0.2, 0.25) is 0 Å². The molecule has 0 radical (unpaired) electrons. The molecule has 34 heavy (non-hydrogen) atoms. The second-order valence-corrected chi connectivity index (χ2v) is 8.31. The van der Waals surface area contributed by atoms with Crippen LogP contribution in [0.3, 0.4) is 0 Å². The van der Waals surface area contributed by atoms with Crippen LogP contribution in [0.25, 0.3) is 16.7 Å². The molecule has 178 valence electrons. The Bertz CT molecular complexity index is 1320. The van der Waals surface area contributed by atoms with Gasteiger partial charge in [-0.2, -0.15) is 0 Å². The van der Waals surface area contributed by atoms with Gasteiger partial charge in [-0.3, -0.25) is 4.90 Å². The molecule has 10 nitrogen and oxygen atoms in total. The lowest BCUT2D eigenvalue weighted by Crippen LogP contribution is -2.38. The van der Waals surface area contributed by atoms with Gasteiger partial charge in [0.25, 0.3) is 0 Å². The molecular weight excluding hydrogens is 434 g/mol. The van der Waals surface area contributed by atoms with Gasteiger partial charge in [-0.1, -0.05) is 17.3 Å². The highest BCUT2D eigenvalue weighted by Crippen LogP contribution is 2.27. The minimum atomic E-state index is 0.157. The van der Waals surface area contributed by atoms with Gasteiger partial charge < -0.3 is 18.9 Å². The predicted octanol–water partition coefficient (Wildman–Crippen LogP) is 2.59. The molecule has 4 heterocycles. The molecule has 1 aliphatic rings. The summed E-state index contributed by atoms with van der Waals surface area (Å²) in [6.07, 6.45) is 3.34. The third-order valence-corrected chi connectivity index (χ3v) is 6.33. The van der Waals surface area contributed by atoms with E-state index in [0.29, 0.717) is 5.82 Å². The molecule has 1 saturated heterocycles. The Labute approximate surface area is 197 Å². The topological polar surface area (TPSA) is 91.3 Å². The summed E-state index contributed by atoms with van der Waals surface area (Å²) < 4.78 is 14.8. The van der Waals surface area contributed by atoms with E-state index in [-0.39, 0.29) is 6.61 Å². The fourth-order valence-corrected chi connectivity index (χ4v) is 4.34. The van der Waals surface area contributed by atoms with Crippen molar-refractivity contribution in [3.8, 4) is 5.75 Å². The van der Waals surface area contributed by atoms with Gasteiger partial charge in [0.1, 0.15) is 17.7 Å². The maximum Gasteiger partial charge on any atom is 0.192 e. The molecule has 1 fully saturated rings. The van der Waals surface area contributed by atoms with Crippen LogP contribution in [0.15, 0.2) is 35.7 Å². The van der Waals surface area contributed by atoms with E-state index in [4.69, 9.17) is 24.3 Å². The lowest BCUT2D eigenvalue weighted by atomic mass is 10.2. The molecule has 1 aliphatic heterocycles. The second kappa shape index (κ2) is 9.78. The van der Waals surface area contributed by atoms with Gasteiger partial charge in [0.15, 0.2) is 18.1 Å². The Kier molecular flexibility index (Phi) is 6.41. The van der Waals surface area contributed by atoms with Crippen molar-refractivity contribution < 1.29 is 14.3 Å². The van der Waals surface area contributed by atoms with Crippen molar-refractivity contribution in [3.05, 3.63) is 53.2 Å². The summed E-state index contributed by atoms with van der Waals surface area (Å²) >= 11 is 0. The van der Waals surface area contributed by atoms with Crippen molar-refractivity contribution >= 4 is 22.9 Å². The number of morpholine rings is 1. The Morgan fingerprint density at radius 1 is 1.12 bits per heavy atom. The van der Waals surface area contributed by atoms with E-state index in [1.54, 1.807) is 24.2 Å². The molecule has 5 rings (SSSR count). The van der Waals surface area contributed by atoms with Crippen LogP contribution in [-0.2, 0) is 22.7 Å². The lowest BCUT2D eigenvalue weighted by Gasteiger charge is -2.26. The first-order valence-corrected chi connectivity index (χ1v) is 11.4.